The maximum Gasteiger partial charge on any atom is 0.330 e. The highest BCUT2D eigenvalue weighted by Gasteiger charge is 2.44. The minimum Gasteiger partial charge on any atom is -0.394 e. The van der Waals surface area contributed by atoms with Gasteiger partial charge < -0.3 is 14.9 Å². The van der Waals surface area contributed by atoms with Crippen molar-refractivity contribution in [2.75, 3.05) is 6.61 Å². The summed E-state index contributed by atoms with van der Waals surface area (Å²) in [5, 5.41) is 22.4. The van der Waals surface area contributed by atoms with E-state index in [9.17, 15) is 14.7 Å². The van der Waals surface area contributed by atoms with Gasteiger partial charge in [-0.2, -0.15) is 0 Å². The molecule has 0 aliphatic carbocycles. The normalized spacial score (nSPS) is 30.0. The van der Waals surface area contributed by atoms with Crippen molar-refractivity contribution in [2.45, 2.75) is 24.5 Å². The molecule has 0 spiro atoms. The van der Waals surface area contributed by atoms with E-state index in [0.717, 1.165) is 16.8 Å². The van der Waals surface area contributed by atoms with Gasteiger partial charge in [-0.3, -0.25) is 14.3 Å². The van der Waals surface area contributed by atoms with Gasteiger partial charge in [0.1, 0.15) is 6.10 Å². The van der Waals surface area contributed by atoms with Gasteiger partial charge in [0.15, 0.2) is 6.23 Å². The third kappa shape index (κ3) is 2.37. The number of H-pyrrole nitrogens is 1. The Labute approximate surface area is 105 Å². The molecular formula is C9H11N5O5. The van der Waals surface area contributed by atoms with Gasteiger partial charge in [-0.05, 0) is 5.53 Å². The van der Waals surface area contributed by atoms with E-state index in [0.29, 0.717) is 0 Å². The van der Waals surface area contributed by atoms with E-state index in [1.165, 1.54) is 0 Å². The number of ether oxygens (including phenoxy) is 1. The summed E-state index contributed by atoms with van der Waals surface area (Å²) in [6.45, 7) is -0.477. The second-order valence-corrected chi connectivity index (χ2v) is 3.95. The van der Waals surface area contributed by atoms with Gasteiger partial charge in [0.2, 0.25) is 0 Å². The molecule has 2 rings (SSSR count). The third-order valence-electron chi connectivity index (χ3n) is 2.83. The van der Waals surface area contributed by atoms with Gasteiger partial charge in [0, 0.05) is 17.2 Å². The van der Waals surface area contributed by atoms with Gasteiger partial charge in [-0.25, -0.2) is 4.79 Å². The Morgan fingerprint density at radius 3 is 2.89 bits per heavy atom. The van der Waals surface area contributed by atoms with Crippen molar-refractivity contribution in [3.05, 3.63) is 43.5 Å². The summed E-state index contributed by atoms with van der Waals surface area (Å²) < 4.78 is 6.23. The molecule has 1 aromatic rings. The van der Waals surface area contributed by atoms with Crippen LogP contribution in [0.1, 0.15) is 6.23 Å². The predicted octanol–water partition coefficient (Wildman–Crippen LogP) is -1.53. The Balaban J connectivity index is 2.38. The molecule has 19 heavy (non-hydrogen) atoms. The fourth-order valence-electron chi connectivity index (χ4n) is 1.94. The number of nitrogens with one attached hydrogen (secondary N) is 1. The first-order valence-corrected chi connectivity index (χ1v) is 5.38. The highest BCUT2D eigenvalue weighted by Crippen LogP contribution is 2.30. The van der Waals surface area contributed by atoms with Crippen molar-refractivity contribution in [1.82, 2.24) is 9.55 Å². The van der Waals surface area contributed by atoms with Crippen LogP contribution < -0.4 is 11.2 Å². The van der Waals surface area contributed by atoms with Crippen LogP contribution in [0.4, 0.5) is 0 Å². The van der Waals surface area contributed by atoms with Crippen molar-refractivity contribution in [2.24, 2.45) is 5.11 Å². The molecule has 0 aromatic carbocycles. The quantitative estimate of drug-likeness (QED) is 0.345. The molecule has 0 radical (unpaired) electrons. The Morgan fingerprint density at radius 1 is 1.58 bits per heavy atom. The second-order valence-electron chi connectivity index (χ2n) is 3.95. The lowest BCUT2D eigenvalue weighted by Gasteiger charge is -2.16. The Bertz CT molecular complexity index is 618. The lowest BCUT2D eigenvalue weighted by Crippen LogP contribution is -2.37. The fraction of sp³-hybridized carbons (Fsp3) is 0.556. The van der Waals surface area contributed by atoms with E-state index >= 15 is 0 Å². The number of hydrogen-bond acceptors (Lipinski definition) is 6. The lowest BCUT2D eigenvalue weighted by molar-refractivity contribution is -0.0532. The van der Waals surface area contributed by atoms with Gasteiger partial charge >= 0.3 is 5.69 Å². The van der Waals surface area contributed by atoms with Crippen LogP contribution in [0.15, 0.2) is 27.0 Å². The Hall–Kier alpha value is -2.13. The van der Waals surface area contributed by atoms with Crippen LogP contribution in [-0.2, 0) is 4.74 Å². The van der Waals surface area contributed by atoms with Gasteiger partial charge in [-0.1, -0.05) is 5.11 Å². The largest absolute Gasteiger partial charge is 0.394 e. The first-order chi connectivity index (χ1) is 9.08. The minimum atomic E-state index is -1.31. The van der Waals surface area contributed by atoms with E-state index in [-0.39, 0.29) is 0 Å². The van der Waals surface area contributed by atoms with Crippen LogP contribution in [0.25, 0.3) is 10.4 Å². The maximum absolute atomic E-state index is 11.6. The number of rotatable bonds is 3. The number of aromatic nitrogens is 2. The predicted molar refractivity (Wildman–Crippen MR) is 61.3 cm³/mol. The molecule has 10 heteroatoms. The van der Waals surface area contributed by atoms with E-state index in [4.69, 9.17) is 15.4 Å². The summed E-state index contributed by atoms with van der Waals surface area (Å²) >= 11 is 0. The third-order valence-corrected chi connectivity index (χ3v) is 2.83. The molecule has 4 atom stereocenters. The Morgan fingerprint density at radius 2 is 2.32 bits per heavy atom. The van der Waals surface area contributed by atoms with Crippen LogP contribution in [-0.4, -0.2) is 44.6 Å². The highest BCUT2D eigenvalue weighted by atomic mass is 16.5. The molecule has 10 nitrogen and oxygen atoms in total. The topological polar surface area (TPSA) is 153 Å². The van der Waals surface area contributed by atoms with Crippen LogP contribution >= 0.6 is 0 Å². The SMILES string of the molecule is [N-]=[N+]=NC1[C@@H](O)[C@H](n2ccc(=O)[nH]c2=O)O[C@@H]1CO. The molecule has 0 bridgehead atoms. The zero-order valence-electron chi connectivity index (χ0n) is 9.58. The molecule has 0 amide bonds. The molecule has 1 aromatic heterocycles. The minimum absolute atomic E-state index is 0.477. The van der Waals surface area contributed by atoms with Gasteiger partial charge in [0.05, 0.1) is 18.8 Å². The molecule has 1 aliphatic rings. The number of aliphatic hydroxyl groups excluding tert-OH is 2. The van der Waals surface area contributed by atoms with Crippen molar-refractivity contribution < 1.29 is 14.9 Å². The average molecular weight is 269 g/mol. The number of aromatic amines is 1. The van der Waals surface area contributed by atoms with Crippen molar-refractivity contribution >= 4 is 0 Å². The van der Waals surface area contributed by atoms with Gasteiger partial charge in [0.25, 0.3) is 5.56 Å². The smallest absolute Gasteiger partial charge is 0.330 e. The average Bonchev–Trinajstić information content (AvgIpc) is 2.68. The van der Waals surface area contributed by atoms with Gasteiger partial charge in [-0.15, -0.1) is 0 Å². The van der Waals surface area contributed by atoms with Crippen molar-refractivity contribution in [3.63, 3.8) is 0 Å². The molecule has 3 N–H and O–H groups in total. The molecule has 1 fully saturated rings. The zero-order chi connectivity index (χ0) is 14.0. The van der Waals surface area contributed by atoms with E-state index < -0.39 is 42.3 Å². The zero-order valence-corrected chi connectivity index (χ0v) is 9.58. The summed E-state index contributed by atoms with van der Waals surface area (Å²) in [5.74, 6) is 0. The molecule has 102 valence electrons. The van der Waals surface area contributed by atoms with E-state index in [1.807, 2.05) is 4.98 Å². The molecule has 1 unspecified atom stereocenters. The van der Waals surface area contributed by atoms with Crippen LogP contribution in [0, 0.1) is 0 Å². The van der Waals surface area contributed by atoms with E-state index in [1.54, 1.807) is 0 Å². The standard InChI is InChI=1S/C9H11N5O5/c10-13-12-6-4(3-15)19-8(7(6)17)14-2-1-5(16)11-9(14)18/h1-2,4,6-8,15,17H,3H2,(H,11,16,18)/t4-,6?,7-,8-/m1/s1. The van der Waals surface area contributed by atoms with E-state index in [2.05, 4.69) is 10.0 Å². The highest BCUT2D eigenvalue weighted by molar-refractivity contribution is 4.96. The number of aliphatic hydroxyl groups is 2. The molecule has 2 heterocycles. The lowest BCUT2D eigenvalue weighted by atomic mass is 10.1. The summed E-state index contributed by atoms with van der Waals surface area (Å²) in [6.07, 6.45) is -2.22. The summed E-state index contributed by atoms with van der Waals surface area (Å²) in [5.41, 5.74) is 7.05. The first-order valence-electron chi connectivity index (χ1n) is 5.38. The second kappa shape index (κ2) is 5.24. The molecule has 1 saturated heterocycles. The molecule has 1 aliphatic heterocycles. The van der Waals surface area contributed by atoms with Crippen LogP contribution in [0.5, 0.6) is 0 Å². The summed E-state index contributed by atoms with van der Waals surface area (Å²) in [6, 6.07) is 0.0746. The maximum atomic E-state index is 11.6. The van der Waals surface area contributed by atoms with Crippen LogP contribution in [0.2, 0.25) is 0 Å². The molecular weight excluding hydrogens is 258 g/mol. The first kappa shape index (κ1) is 13.3. The Kier molecular flexibility index (Phi) is 3.67. The van der Waals surface area contributed by atoms with Crippen molar-refractivity contribution in [1.29, 1.82) is 0 Å². The number of hydrogen-bond donors (Lipinski definition) is 3. The summed E-state index contributed by atoms with van der Waals surface area (Å²) in [7, 11) is 0. The summed E-state index contributed by atoms with van der Waals surface area (Å²) in [4.78, 5) is 27.1. The fourth-order valence-corrected chi connectivity index (χ4v) is 1.94. The monoisotopic (exact) mass is 269 g/mol. The number of nitrogens with zero attached hydrogens (tertiary/aromatic N) is 4. The number of azide groups is 1. The molecule has 0 saturated carbocycles. The van der Waals surface area contributed by atoms with Crippen LogP contribution in [0.3, 0.4) is 0 Å². The van der Waals surface area contributed by atoms with Crippen molar-refractivity contribution in [3.8, 4) is 0 Å².